The van der Waals surface area contributed by atoms with Crippen LogP contribution in [0.2, 0.25) is 0 Å². The van der Waals surface area contributed by atoms with E-state index in [-0.39, 0.29) is 29.3 Å². The second kappa shape index (κ2) is 8.50. The van der Waals surface area contributed by atoms with Crippen molar-refractivity contribution in [3.8, 4) is 0 Å². The van der Waals surface area contributed by atoms with Gasteiger partial charge >= 0.3 is 0 Å². The first-order chi connectivity index (χ1) is 13.3. The monoisotopic (exact) mass is 386 g/mol. The Bertz CT molecular complexity index is 817. The molecule has 2 aromatic rings. The summed E-state index contributed by atoms with van der Waals surface area (Å²) in [7, 11) is 0. The first kappa shape index (κ1) is 20.0. The summed E-state index contributed by atoms with van der Waals surface area (Å²) in [6, 6.07) is 9.10. The lowest BCUT2D eigenvalue weighted by atomic mass is 9.81. The summed E-state index contributed by atoms with van der Waals surface area (Å²) in [5, 5.41) is 5.59. The molecular weight excluding hydrogens is 362 g/mol. The lowest BCUT2D eigenvalue weighted by Gasteiger charge is -2.27. The molecule has 0 unspecified atom stereocenters. The molecule has 2 N–H and O–H groups in total. The molecule has 0 heterocycles. The number of rotatable bonds is 4. The number of nitrogens with one attached hydrogen (secondary N) is 2. The van der Waals surface area contributed by atoms with Gasteiger partial charge in [-0.25, -0.2) is 8.78 Å². The van der Waals surface area contributed by atoms with E-state index in [1.165, 1.54) is 11.6 Å². The van der Waals surface area contributed by atoms with Crippen molar-refractivity contribution >= 4 is 23.2 Å². The highest BCUT2D eigenvalue weighted by molar-refractivity contribution is 5.94. The highest BCUT2D eigenvalue weighted by Gasteiger charge is 2.30. The van der Waals surface area contributed by atoms with E-state index in [2.05, 4.69) is 10.6 Å². The lowest BCUT2D eigenvalue weighted by Crippen LogP contribution is -2.32. The van der Waals surface area contributed by atoms with E-state index < -0.39 is 11.6 Å². The molecular formula is C22H24F2N2O2. The Morgan fingerprint density at radius 2 is 1.25 bits per heavy atom. The van der Waals surface area contributed by atoms with Crippen molar-refractivity contribution in [1.29, 1.82) is 0 Å². The van der Waals surface area contributed by atoms with Gasteiger partial charge in [-0.2, -0.15) is 0 Å². The molecule has 0 aliphatic heterocycles. The average molecular weight is 386 g/mol. The van der Waals surface area contributed by atoms with Crippen molar-refractivity contribution in [2.75, 3.05) is 10.6 Å². The van der Waals surface area contributed by atoms with Gasteiger partial charge in [-0.3, -0.25) is 9.59 Å². The molecule has 0 radical (unpaired) electrons. The Kier molecular flexibility index (Phi) is 6.07. The molecule has 6 heteroatoms. The standard InChI is InChI=1S/C22H24F2N2O2/c1-13-3-8-17(11-14(13)2)25-21(27)15-4-6-16(7-5-15)22(28)26-18-9-10-19(23)20(24)12-18/h3,8-12,15-16H,4-7H2,1-2H3,(H,25,27)(H,26,28). The summed E-state index contributed by atoms with van der Waals surface area (Å²) in [5.74, 6) is -2.56. The fourth-order valence-corrected chi connectivity index (χ4v) is 3.50. The Labute approximate surface area is 163 Å². The normalized spacial score (nSPS) is 19.1. The number of anilines is 2. The second-order valence-electron chi connectivity index (χ2n) is 7.45. The van der Waals surface area contributed by atoms with Crippen LogP contribution < -0.4 is 10.6 Å². The van der Waals surface area contributed by atoms with E-state index in [0.29, 0.717) is 25.7 Å². The minimum Gasteiger partial charge on any atom is -0.326 e. The number of hydrogen-bond donors (Lipinski definition) is 2. The molecule has 0 bridgehead atoms. The topological polar surface area (TPSA) is 58.2 Å². The summed E-state index contributed by atoms with van der Waals surface area (Å²) in [6.07, 6.45) is 2.40. The predicted octanol–water partition coefficient (Wildman–Crippen LogP) is 4.97. The van der Waals surface area contributed by atoms with Crippen molar-refractivity contribution in [3.05, 3.63) is 59.2 Å². The van der Waals surface area contributed by atoms with Crippen LogP contribution in [0.5, 0.6) is 0 Å². The van der Waals surface area contributed by atoms with Gasteiger partial charge in [0.15, 0.2) is 11.6 Å². The maximum absolute atomic E-state index is 13.3. The van der Waals surface area contributed by atoms with Gasteiger partial charge in [0.1, 0.15) is 0 Å². The smallest absolute Gasteiger partial charge is 0.227 e. The van der Waals surface area contributed by atoms with Crippen molar-refractivity contribution in [2.45, 2.75) is 39.5 Å². The van der Waals surface area contributed by atoms with Crippen LogP contribution in [0.1, 0.15) is 36.8 Å². The summed E-state index contributed by atoms with van der Waals surface area (Å²) >= 11 is 0. The van der Waals surface area contributed by atoms with Crippen LogP contribution >= 0.6 is 0 Å². The van der Waals surface area contributed by atoms with Crippen molar-refractivity contribution in [2.24, 2.45) is 11.8 Å². The van der Waals surface area contributed by atoms with Crippen molar-refractivity contribution in [3.63, 3.8) is 0 Å². The molecule has 1 aliphatic carbocycles. The fraction of sp³-hybridized carbons (Fsp3) is 0.364. The van der Waals surface area contributed by atoms with Crippen LogP contribution in [0, 0.1) is 37.3 Å². The van der Waals surface area contributed by atoms with Gasteiger partial charge in [-0.1, -0.05) is 6.07 Å². The molecule has 2 amide bonds. The Hall–Kier alpha value is -2.76. The maximum atomic E-state index is 13.3. The Morgan fingerprint density at radius 3 is 1.75 bits per heavy atom. The number of benzene rings is 2. The number of carbonyl (C=O) groups excluding carboxylic acids is 2. The molecule has 1 saturated carbocycles. The second-order valence-corrected chi connectivity index (χ2v) is 7.45. The van der Waals surface area contributed by atoms with Crippen LogP contribution in [0.15, 0.2) is 36.4 Å². The van der Waals surface area contributed by atoms with Gasteiger partial charge in [0, 0.05) is 29.3 Å². The quantitative estimate of drug-likeness (QED) is 0.780. The van der Waals surface area contributed by atoms with Crippen molar-refractivity contribution in [1.82, 2.24) is 0 Å². The summed E-state index contributed by atoms with van der Waals surface area (Å²) < 4.78 is 26.2. The minimum absolute atomic E-state index is 0.0253. The van der Waals surface area contributed by atoms with E-state index in [1.807, 2.05) is 32.0 Å². The molecule has 3 rings (SSSR count). The zero-order chi connectivity index (χ0) is 20.3. The molecule has 0 atom stereocenters. The zero-order valence-corrected chi connectivity index (χ0v) is 16.0. The van der Waals surface area contributed by atoms with Crippen LogP contribution in [0.3, 0.4) is 0 Å². The van der Waals surface area contributed by atoms with Gasteiger partial charge in [-0.15, -0.1) is 0 Å². The maximum Gasteiger partial charge on any atom is 0.227 e. The molecule has 0 aromatic heterocycles. The van der Waals surface area contributed by atoms with E-state index in [4.69, 9.17) is 0 Å². The van der Waals surface area contributed by atoms with Crippen LogP contribution in [0.25, 0.3) is 0 Å². The third-order valence-electron chi connectivity index (χ3n) is 5.43. The number of carbonyl (C=O) groups is 2. The van der Waals surface area contributed by atoms with Gasteiger partial charge in [0.05, 0.1) is 0 Å². The lowest BCUT2D eigenvalue weighted by molar-refractivity contribution is -0.125. The molecule has 4 nitrogen and oxygen atoms in total. The Morgan fingerprint density at radius 1 is 0.750 bits per heavy atom. The molecule has 148 valence electrons. The SMILES string of the molecule is Cc1ccc(NC(=O)C2CCC(C(=O)Nc3ccc(F)c(F)c3)CC2)cc1C. The molecule has 28 heavy (non-hydrogen) atoms. The number of aryl methyl sites for hydroxylation is 2. The van der Waals surface area contributed by atoms with E-state index in [9.17, 15) is 18.4 Å². The van der Waals surface area contributed by atoms with Crippen LogP contribution in [-0.2, 0) is 9.59 Å². The van der Waals surface area contributed by atoms with Crippen molar-refractivity contribution < 1.29 is 18.4 Å². The molecule has 0 spiro atoms. The molecule has 0 saturated heterocycles. The van der Waals surface area contributed by atoms with E-state index in [0.717, 1.165) is 23.4 Å². The number of amides is 2. The van der Waals surface area contributed by atoms with Crippen LogP contribution in [-0.4, -0.2) is 11.8 Å². The zero-order valence-electron chi connectivity index (χ0n) is 16.0. The third-order valence-corrected chi connectivity index (χ3v) is 5.43. The predicted molar refractivity (Wildman–Crippen MR) is 105 cm³/mol. The fourth-order valence-electron chi connectivity index (χ4n) is 3.50. The van der Waals surface area contributed by atoms with E-state index >= 15 is 0 Å². The molecule has 1 fully saturated rings. The molecule has 2 aromatic carbocycles. The first-order valence-corrected chi connectivity index (χ1v) is 9.47. The molecule has 1 aliphatic rings. The van der Waals surface area contributed by atoms with Crippen LogP contribution in [0.4, 0.5) is 20.2 Å². The first-order valence-electron chi connectivity index (χ1n) is 9.47. The van der Waals surface area contributed by atoms with E-state index in [1.54, 1.807) is 0 Å². The number of hydrogen-bond acceptors (Lipinski definition) is 2. The van der Waals surface area contributed by atoms with Gasteiger partial charge < -0.3 is 10.6 Å². The Balaban J connectivity index is 1.51. The van der Waals surface area contributed by atoms with Gasteiger partial charge in [0.25, 0.3) is 0 Å². The highest BCUT2D eigenvalue weighted by Crippen LogP contribution is 2.31. The van der Waals surface area contributed by atoms with Gasteiger partial charge in [-0.05, 0) is 74.9 Å². The number of halogens is 2. The highest BCUT2D eigenvalue weighted by atomic mass is 19.2. The third kappa shape index (κ3) is 4.74. The summed E-state index contributed by atoms with van der Waals surface area (Å²) in [4.78, 5) is 24.9. The summed E-state index contributed by atoms with van der Waals surface area (Å²) in [5.41, 5.74) is 3.31. The minimum atomic E-state index is -0.996. The summed E-state index contributed by atoms with van der Waals surface area (Å²) in [6.45, 7) is 4.02. The largest absolute Gasteiger partial charge is 0.326 e. The van der Waals surface area contributed by atoms with Gasteiger partial charge in [0.2, 0.25) is 11.8 Å². The average Bonchev–Trinajstić information content (AvgIpc) is 2.67.